The summed E-state index contributed by atoms with van der Waals surface area (Å²) in [6.07, 6.45) is 0. The van der Waals surface area contributed by atoms with E-state index in [1.807, 2.05) is 5.38 Å². The molecule has 0 spiro atoms. The van der Waals surface area contributed by atoms with E-state index in [1.165, 1.54) is 17.4 Å². The fourth-order valence-corrected chi connectivity index (χ4v) is 2.19. The number of ether oxygens (including phenoxy) is 1. The van der Waals surface area contributed by atoms with Gasteiger partial charge in [0.1, 0.15) is 11.5 Å². The molecule has 3 N–H and O–H groups in total. The van der Waals surface area contributed by atoms with Gasteiger partial charge < -0.3 is 15.6 Å². The first-order valence-corrected chi connectivity index (χ1v) is 4.64. The Hall–Kier alpha value is -1.42. The Kier molecular flexibility index (Phi) is 1.77. The van der Waals surface area contributed by atoms with Crippen molar-refractivity contribution < 1.29 is 9.84 Å². The second-order valence-electron chi connectivity index (χ2n) is 2.72. The first-order valence-electron chi connectivity index (χ1n) is 3.76. The third-order valence-electron chi connectivity index (χ3n) is 1.86. The lowest BCUT2D eigenvalue weighted by atomic mass is 10.2. The number of aromatic hydroxyl groups is 1. The van der Waals surface area contributed by atoms with Crippen LogP contribution < -0.4 is 10.5 Å². The van der Waals surface area contributed by atoms with E-state index >= 15 is 0 Å². The van der Waals surface area contributed by atoms with Crippen LogP contribution >= 0.6 is 11.3 Å². The van der Waals surface area contributed by atoms with Crippen LogP contribution in [0.5, 0.6) is 11.5 Å². The molecular weight excluding hydrogens is 186 g/mol. The highest BCUT2D eigenvalue weighted by Gasteiger charge is 2.08. The number of benzene rings is 1. The predicted molar refractivity (Wildman–Crippen MR) is 54.5 cm³/mol. The van der Waals surface area contributed by atoms with Gasteiger partial charge >= 0.3 is 0 Å². The molecule has 2 aromatic rings. The Morgan fingerprint density at radius 1 is 1.46 bits per heavy atom. The third kappa shape index (κ3) is 1.19. The summed E-state index contributed by atoms with van der Waals surface area (Å²) in [7, 11) is 1.60. The van der Waals surface area contributed by atoms with Gasteiger partial charge in [-0.15, -0.1) is 11.3 Å². The van der Waals surface area contributed by atoms with Gasteiger partial charge in [-0.1, -0.05) is 0 Å². The van der Waals surface area contributed by atoms with Crippen molar-refractivity contribution in [2.45, 2.75) is 0 Å². The molecule has 0 radical (unpaired) electrons. The maximum absolute atomic E-state index is 9.54. The zero-order valence-electron chi connectivity index (χ0n) is 7.07. The Labute approximate surface area is 79.4 Å². The summed E-state index contributed by atoms with van der Waals surface area (Å²) < 4.78 is 5.93. The van der Waals surface area contributed by atoms with Crippen LogP contribution in [0, 0.1) is 0 Å². The van der Waals surface area contributed by atoms with Crippen LogP contribution in [0.15, 0.2) is 17.5 Å². The van der Waals surface area contributed by atoms with Crippen LogP contribution in [0.2, 0.25) is 0 Å². The number of thiophene rings is 1. The van der Waals surface area contributed by atoms with E-state index in [0.717, 1.165) is 15.8 Å². The minimum atomic E-state index is 0.211. The average molecular weight is 195 g/mol. The molecule has 0 saturated carbocycles. The molecule has 0 unspecified atom stereocenters. The Bertz CT molecular complexity index is 450. The highest BCUT2D eigenvalue weighted by atomic mass is 32.1. The Morgan fingerprint density at radius 2 is 2.23 bits per heavy atom. The molecule has 3 nitrogen and oxygen atoms in total. The van der Waals surface area contributed by atoms with Crippen molar-refractivity contribution in [2.75, 3.05) is 12.8 Å². The first kappa shape index (κ1) is 8.19. The quantitative estimate of drug-likeness (QED) is 0.686. The molecule has 2 rings (SSSR count). The fourth-order valence-electron chi connectivity index (χ4n) is 1.28. The lowest BCUT2D eigenvalue weighted by Crippen LogP contribution is -1.84. The number of fused-ring (bicyclic) bond motifs is 1. The molecule has 0 aliphatic heterocycles. The number of phenols is 1. The maximum Gasteiger partial charge on any atom is 0.137 e. The molecule has 1 heterocycles. The molecule has 0 atom stereocenters. The molecule has 0 fully saturated rings. The summed E-state index contributed by atoms with van der Waals surface area (Å²) in [5.41, 5.74) is 6.14. The van der Waals surface area contributed by atoms with Crippen molar-refractivity contribution in [3.8, 4) is 11.5 Å². The van der Waals surface area contributed by atoms with Crippen molar-refractivity contribution in [1.82, 2.24) is 0 Å². The zero-order chi connectivity index (χ0) is 9.42. The monoisotopic (exact) mass is 195 g/mol. The molecule has 68 valence electrons. The highest BCUT2D eigenvalue weighted by Crippen LogP contribution is 2.39. The largest absolute Gasteiger partial charge is 0.506 e. The van der Waals surface area contributed by atoms with E-state index in [4.69, 9.17) is 10.5 Å². The van der Waals surface area contributed by atoms with E-state index in [0.29, 0.717) is 5.69 Å². The van der Waals surface area contributed by atoms with Crippen molar-refractivity contribution in [2.24, 2.45) is 0 Å². The smallest absolute Gasteiger partial charge is 0.137 e. The standard InChI is InChI=1S/C9H9NO2S/c1-12-8-4-13-9-6(8)2-5(10)3-7(9)11/h2-4,11H,10H2,1H3. The van der Waals surface area contributed by atoms with E-state index in [-0.39, 0.29) is 5.75 Å². The summed E-state index contributed by atoms with van der Waals surface area (Å²) in [5.74, 6) is 0.964. The van der Waals surface area contributed by atoms with Gasteiger partial charge in [0.05, 0.1) is 11.8 Å². The number of phenolic OH excluding ortho intramolecular Hbond substituents is 1. The van der Waals surface area contributed by atoms with Gasteiger partial charge in [-0.25, -0.2) is 0 Å². The number of nitrogen functional groups attached to an aromatic ring is 1. The number of methoxy groups -OCH3 is 1. The first-order chi connectivity index (χ1) is 6.22. The molecule has 1 aromatic carbocycles. The lowest BCUT2D eigenvalue weighted by Gasteiger charge is -1.99. The van der Waals surface area contributed by atoms with E-state index in [9.17, 15) is 5.11 Å². The van der Waals surface area contributed by atoms with Crippen LogP contribution in [0.3, 0.4) is 0 Å². The topological polar surface area (TPSA) is 55.5 Å². The SMILES string of the molecule is COc1csc2c(O)cc(N)cc12. The predicted octanol–water partition coefficient (Wildman–Crippen LogP) is 2.20. The summed E-state index contributed by atoms with van der Waals surface area (Å²) in [5, 5.41) is 12.3. The van der Waals surface area contributed by atoms with Crippen LogP contribution in [-0.4, -0.2) is 12.2 Å². The Morgan fingerprint density at radius 3 is 2.92 bits per heavy atom. The average Bonchev–Trinajstić information content (AvgIpc) is 2.47. The van der Waals surface area contributed by atoms with Crippen molar-refractivity contribution in [3.05, 3.63) is 17.5 Å². The number of hydrogen-bond acceptors (Lipinski definition) is 4. The van der Waals surface area contributed by atoms with Gasteiger partial charge in [-0.05, 0) is 6.07 Å². The maximum atomic E-state index is 9.54. The van der Waals surface area contributed by atoms with Crippen molar-refractivity contribution >= 4 is 27.1 Å². The normalized spacial score (nSPS) is 10.5. The molecule has 0 saturated heterocycles. The molecular formula is C9H9NO2S. The van der Waals surface area contributed by atoms with Gasteiger partial charge in [-0.3, -0.25) is 0 Å². The number of hydrogen-bond donors (Lipinski definition) is 2. The van der Waals surface area contributed by atoms with E-state index < -0.39 is 0 Å². The molecule has 4 heteroatoms. The van der Waals surface area contributed by atoms with Crippen molar-refractivity contribution in [1.29, 1.82) is 0 Å². The molecule has 0 aliphatic carbocycles. The van der Waals surface area contributed by atoms with Crippen LogP contribution in [-0.2, 0) is 0 Å². The van der Waals surface area contributed by atoms with Gasteiger partial charge in [0, 0.05) is 22.5 Å². The second kappa shape index (κ2) is 2.81. The minimum absolute atomic E-state index is 0.211. The summed E-state index contributed by atoms with van der Waals surface area (Å²) in [4.78, 5) is 0. The lowest BCUT2D eigenvalue weighted by molar-refractivity contribution is 0.421. The number of anilines is 1. The number of rotatable bonds is 1. The fraction of sp³-hybridized carbons (Fsp3) is 0.111. The minimum Gasteiger partial charge on any atom is -0.506 e. The summed E-state index contributed by atoms with van der Waals surface area (Å²) >= 11 is 1.44. The van der Waals surface area contributed by atoms with Crippen LogP contribution in [0.25, 0.3) is 10.1 Å². The molecule has 0 aliphatic rings. The van der Waals surface area contributed by atoms with E-state index in [1.54, 1.807) is 13.2 Å². The van der Waals surface area contributed by atoms with Crippen LogP contribution in [0.4, 0.5) is 5.69 Å². The Balaban J connectivity index is 2.82. The number of nitrogens with two attached hydrogens (primary N) is 1. The zero-order valence-corrected chi connectivity index (χ0v) is 7.89. The molecule has 1 aromatic heterocycles. The van der Waals surface area contributed by atoms with Gasteiger partial charge in [0.25, 0.3) is 0 Å². The van der Waals surface area contributed by atoms with E-state index in [2.05, 4.69) is 0 Å². The molecule has 0 amide bonds. The summed E-state index contributed by atoms with van der Waals surface area (Å²) in [6, 6.07) is 3.34. The van der Waals surface area contributed by atoms with Gasteiger partial charge in [-0.2, -0.15) is 0 Å². The summed E-state index contributed by atoms with van der Waals surface area (Å²) in [6.45, 7) is 0. The molecule has 0 bridgehead atoms. The second-order valence-corrected chi connectivity index (χ2v) is 3.60. The van der Waals surface area contributed by atoms with Gasteiger partial charge in [0.15, 0.2) is 0 Å². The molecule has 13 heavy (non-hydrogen) atoms. The van der Waals surface area contributed by atoms with Crippen molar-refractivity contribution in [3.63, 3.8) is 0 Å². The van der Waals surface area contributed by atoms with Gasteiger partial charge in [0.2, 0.25) is 0 Å². The highest BCUT2D eigenvalue weighted by molar-refractivity contribution is 7.18. The third-order valence-corrected chi connectivity index (χ3v) is 2.86. The van der Waals surface area contributed by atoms with Crippen LogP contribution in [0.1, 0.15) is 0 Å².